The van der Waals surface area contributed by atoms with E-state index in [2.05, 4.69) is 22.9 Å². The molecule has 2 aromatic carbocycles. The lowest BCUT2D eigenvalue weighted by molar-refractivity contribution is -0.117. The maximum Gasteiger partial charge on any atom is 0.233 e. The lowest BCUT2D eigenvalue weighted by Crippen LogP contribution is -2.27. The minimum atomic E-state index is -0.438. The van der Waals surface area contributed by atoms with E-state index in [1.807, 2.05) is 55.5 Å². The van der Waals surface area contributed by atoms with Gasteiger partial charge in [-0.2, -0.15) is 0 Å². The Hall–Kier alpha value is -2.41. The summed E-state index contributed by atoms with van der Waals surface area (Å²) in [6.07, 6.45) is 3.53. The van der Waals surface area contributed by atoms with Gasteiger partial charge in [-0.3, -0.25) is 9.78 Å². The van der Waals surface area contributed by atoms with Crippen molar-refractivity contribution < 1.29 is 9.53 Å². The first-order valence-electron chi connectivity index (χ1n) is 8.80. The van der Waals surface area contributed by atoms with Crippen molar-refractivity contribution >= 4 is 35.0 Å². The van der Waals surface area contributed by atoms with E-state index < -0.39 is 5.92 Å². The third-order valence-corrected chi connectivity index (χ3v) is 4.45. The summed E-state index contributed by atoms with van der Waals surface area (Å²) in [7, 11) is 0. The quantitative estimate of drug-likeness (QED) is 0.431. The van der Waals surface area contributed by atoms with Crippen LogP contribution < -0.4 is 11.1 Å². The number of hydrogen-bond donors (Lipinski definition) is 3. The molecule has 0 aliphatic carbocycles. The van der Waals surface area contributed by atoms with Crippen molar-refractivity contribution in [3.05, 3.63) is 72.1 Å². The highest BCUT2D eigenvalue weighted by Crippen LogP contribution is 2.22. The Bertz CT molecular complexity index is 930. The third-order valence-electron chi connectivity index (χ3n) is 4.30. The Morgan fingerprint density at radius 3 is 2.85 bits per heavy atom. The normalized spacial score (nSPS) is 13.3. The largest absolute Gasteiger partial charge is 0.363 e. The lowest BCUT2D eigenvalue weighted by Gasteiger charge is -2.17. The van der Waals surface area contributed by atoms with Gasteiger partial charge in [-0.25, -0.2) is 0 Å². The summed E-state index contributed by atoms with van der Waals surface area (Å²) < 4.78 is 5.52. The number of carbonyl (C=O) groups excluding carboxylic acids is 1. The van der Waals surface area contributed by atoms with Crippen molar-refractivity contribution in [1.82, 2.24) is 4.98 Å². The topological polar surface area (TPSA) is 77.2 Å². The number of rotatable bonds is 7. The molecule has 1 amide bonds. The van der Waals surface area contributed by atoms with Gasteiger partial charge >= 0.3 is 0 Å². The van der Waals surface area contributed by atoms with Crippen molar-refractivity contribution in [1.29, 1.82) is 0 Å². The van der Waals surface area contributed by atoms with Gasteiger partial charge in [-0.1, -0.05) is 30.3 Å². The molecule has 0 spiro atoms. The van der Waals surface area contributed by atoms with Crippen LogP contribution in [-0.4, -0.2) is 22.9 Å². The van der Waals surface area contributed by atoms with Crippen LogP contribution in [0.4, 0.5) is 5.69 Å². The van der Waals surface area contributed by atoms with Crippen LogP contribution in [0.2, 0.25) is 0 Å². The van der Waals surface area contributed by atoms with Crippen LogP contribution in [0.5, 0.6) is 0 Å². The lowest BCUT2D eigenvalue weighted by atomic mass is 9.96. The Balaban J connectivity index is 1.76. The molecule has 1 unspecified atom stereocenters. The number of hydrogen-bond acceptors (Lipinski definition) is 5. The molecule has 0 saturated carbocycles. The first-order valence-corrected chi connectivity index (χ1v) is 9.31. The predicted octanol–water partition coefficient (Wildman–Crippen LogP) is 3.71. The van der Waals surface area contributed by atoms with Crippen molar-refractivity contribution in [2.75, 3.05) is 11.9 Å². The summed E-state index contributed by atoms with van der Waals surface area (Å²) in [4.78, 5) is 16.9. The average Bonchev–Trinajstić information content (AvgIpc) is 2.67. The number of thiol groups is 1. The van der Waals surface area contributed by atoms with Crippen LogP contribution in [0.1, 0.15) is 24.0 Å². The number of pyridine rings is 1. The molecule has 27 heavy (non-hydrogen) atoms. The summed E-state index contributed by atoms with van der Waals surface area (Å²) in [6.45, 7) is 2.52. The fourth-order valence-electron chi connectivity index (χ4n) is 2.90. The number of aromatic nitrogens is 1. The van der Waals surface area contributed by atoms with Gasteiger partial charge < -0.3 is 15.8 Å². The molecule has 0 radical (unpaired) electrons. The zero-order chi connectivity index (χ0) is 19.2. The van der Waals surface area contributed by atoms with Gasteiger partial charge in [-0.15, -0.1) is 12.6 Å². The molecule has 3 N–H and O–H groups in total. The molecule has 0 saturated heterocycles. The number of anilines is 1. The van der Waals surface area contributed by atoms with Crippen LogP contribution in [0.3, 0.4) is 0 Å². The van der Waals surface area contributed by atoms with Crippen LogP contribution in [0.25, 0.3) is 10.8 Å². The molecule has 3 aromatic rings. The van der Waals surface area contributed by atoms with E-state index in [1.165, 1.54) is 0 Å². The number of nitrogens with two attached hydrogens (primary N) is 1. The van der Waals surface area contributed by atoms with Crippen LogP contribution >= 0.6 is 12.6 Å². The van der Waals surface area contributed by atoms with Gasteiger partial charge in [0.05, 0.1) is 18.0 Å². The summed E-state index contributed by atoms with van der Waals surface area (Å²) >= 11 is 4.22. The van der Waals surface area contributed by atoms with E-state index in [0.29, 0.717) is 6.61 Å². The molecule has 5 nitrogen and oxygen atoms in total. The van der Waals surface area contributed by atoms with E-state index in [0.717, 1.165) is 27.6 Å². The molecule has 0 fully saturated rings. The molecule has 2 atom stereocenters. The molecular formula is C21H23N3O2S. The van der Waals surface area contributed by atoms with E-state index >= 15 is 0 Å². The maximum atomic E-state index is 12.8. The van der Waals surface area contributed by atoms with Gasteiger partial charge in [-0.05, 0) is 41.6 Å². The zero-order valence-corrected chi connectivity index (χ0v) is 16.0. The van der Waals surface area contributed by atoms with Crippen molar-refractivity contribution in [2.24, 2.45) is 5.73 Å². The number of nitrogens with one attached hydrogen (secondary N) is 1. The zero-order valence-electron chi connectivity index (χ0n) is 15.1. The number of benzene rings is 2. The number of nitrogens with zero attached hydrogens (tertiary/aromatic N) is 1. The minimum absolute atomic E-state index is 0.133. The fourth-order valence-corrected chi connectivity index (χ4v) is 2.98. The van der Waals surface area contributed by atoms with Crippen LogP contribution in [0, 0.1) is 0 Å². The van der Waals surface area contributed by atoms with Gasteiger partial charge in [0.25, 0.3) is 0 Å². The molecule has 1 heterocycles. The van der Waals surface area contributed by atoms with E-state index in [-0.39, 0.29) is 17.9 Å². The van der Waals surface area contributed by atoms with Gasteiger partial charge in [0, 0.05) is 30.0 Å². The molecule has 0 bridgehead atoms. The van der Waals surface area contributed by atoms with Crippen molar-refractivity contribution in [3.63, 3.8) is 0 Å². The highest BCUT2D eigenvalue weighted by atomic mass is 32.1. The summed E-state index contributed by atoms with van der Waals surface area (Å²) in [5.74, 6) is -0.571. The van der Waals surface area contributed by atoms with Crippen LogP contribution in [0.15, 0.2) is 60.9 Å². The highest BCUT2D eigenvalue weighted by Gasteiger charge is 2.19. The first kappa shape index (κ1) is 19.4. The maximum absolute atomic E-state index is 12.8. The Kier molecular flexibility index (Phi) is 6.45. The van der Waals surface area contributed by atoms with E-state index in [4.69, 9.17) is 10.5 Å². The predicted molar refractivity (Wildman–Crippen MR) is 112 cm³/mol. The van der Waals surface area contributed by atoms with Gasteiger partial charge in [0.15, 0.2) is 0 Å². The van der Waals surface area contributed by atoms with E-state index in [1.54, 1.807) is 12.4 Å². The molecule has 0 aliphatic rings. The molecule has 3 rings (SSSR count). The standard InChI is InChI=1S/C21H23N3O2S/c1-14(27)26-13-15-3-2-4-17(9-15)20(11-22)21(25)24-19-6-5-18-12-23-8-7-16(18)10-19/h2-10,12,14,20,27H,11,13,22H2,1H3,(H,24,25)/t14?,20-/m1/s1. The first-order chi connectivity index (χ1) is 13.1. The molecule has 1 aromatic heterocycles. The van der Waals surface area contributed by atoms with Crippen LogP contribution in [-0.2, 0) is 16.1 Å². The summed E-state index contributed by atoms with van der Waals surface area (Å²) in [5, 5.41) is 5.02. The Labute approximate surface area is 164 Å². The molecule has 6 heteroatoms. The third kappa shape index (κ3) is 5.07. The molecule has 140 valence electrons. The van der Waals surface area contributed by atoms with Gasteiger partial charge in [0.2, 0.25) is 5.91 Å². The average molecular weight is 382 g/mol. The number of fused-ring (bicyclic) bond motifs is 1. The molecule has 0 aliphatic heterocycles. The van der Waals surface area contributed by atoms with Gasteiger partial charge in [0.1, 0.15) is 0 Å². The highest BCUT2D eigenvalue weighted by molar-refractivity contribution is 7.80. The number of ether oxygens (including phenoxy) is 1. The fraction of sp³-hybridized carbons (Fsp3) is 0.238. The Morgan fingerprint density at radius 1 is 1.22 bits per heavy atom. The Morgan fingerprint density at radius 2 is 2.07 bits per heavy atom. The van der Waals surface area contributed by atoms with Crippen molar-refractivity contribution in [2.45, 2.75) is 24.9 Å². The SMILES string of the molecule is CC(S)OCc1cccc([C@@H](CN)C(=O)Nc2ccc3cnccc3c2)c1. The summed E-state index contributed by atoms with van der Waals surface area (Å²) in [6, 6.07) is 15.4. The van der Waals surface area contributed by atoms with Crippen molar-refractivity contribution in [3.8, 4) is 0 Å². The molecular weight excluding hydrogens is 358 g/mol. The second-order valence-corrected chi connectivity index (χ2v) is 7.10. The second kappa shape index (κ2) is 8.99. The minimum Gasteiger partial charge on any atom is -0.363 e. The van der Waals surface area contributed by atoms with E-state index in [9.17, 15) is 4.79 Å². The second-order valence-electron chi connectivity index (χ2n) is 6.37. The number of carbonyl (C=O) groups is 1. The smallest absolute Gasteiger partial charge is 0.233 e. The summed E-state index contributed by atoms with van der Waals surface area (Å²) in [5.41, 5.74) is 8.35. The number of amides is 1. The monoisotopic (exact) mass is 381 g/mol.